The van der Waals surface area contributed by atoms with Crippen LogP contribution in [0, 0.1) is 0 Å². The molecule has 1 fully saturated rings. The minimum absolute atomic E-state index is 0.0164. The fraction of sp³-hybridized carbons (Fsp3) is 0.429. The van der Waals surface area contributed by atoms with Crippen molar-refractivity contribution in [3.8, 4) is 5.75 Å². The van der Waals surface area contributed by atoms with E-state index in [1.165, 1.54) is 12.1 Å². The molecular formula is C28H36ClN5O6. The Morgan fingerprint density at radius 3 is 2.52 bits per heavy atom. The Labute approximate surface area is 238 Å². The molecule has 0 aliphatic carbocycles. The molecule has 0 aromatic heterocycles. The number of halogens is 1. The number of amides is 3. The number of carboxylic acid groups (broad SMARTS) is 1. The molecule has 0 spiro atoms. The number of carbonyl (C=O) groups excluding carboxylic acids is 2. The van der Waals surface area contributed by atoms with Gasteiger partial charge in [0.2, 0.25) is 5.91 Å². The molecule has 2 aromatic rings. The molecule has 0 radical (unpaired) electrons. The van der Waals surface area contributed by atoms with Crippen molar-refractivity contribution < 1.29 is 29.1 Å². The zero-order valence-corrected chi connectivity index (χ0v) is 23.9. The maximum atomic E-state index is 13.6. The fourth-order valence-corrected chi connectivity index (χ4v) is 4.70. The SMILES string of the molecule is CCO/N=C1\CN(C(=O)N[C@H](c2ccc(C(=O)O)cc2)C(N)CC)C(=O)C[C@H](Cc2cc(Cl)ccc2OC)N1C. The van der Waals surface area contributed by atoms with Gasteiger partial charge in [-0.3, -0.25) is 9.69 Å². The molecule has 216 valence electrons. The van der Waals surface area contributed by atoms with Gasteiger partial charge < -0.3 is 30.6 Å². The third kappa shape index (κ3) is 7.42. The van der Waals surface area contributed by atoms with E-state index in [1.54, 1.807) is 51.4 Å². The highest BCUT2D eigenvalue weighted by atomic mass is 35.5. The molecule has 3 amide bonds. The van der Waals surface area contributed by atoms with Crippen molar-refractivity contribution in [3.63, 3.8) is 0 Å². The van der Waals surface area contributed by atoms with Crippen molar-refractivity contribution in [2.45, 2.75) is 51.2 Å². The van der Waals surface area contributed by atoms with E-state index in [9.17, 15) is 19.5 Å². The molecule has 0 bridgehead atoms. The summed E-state index contributed by atoms with van der Waals surface area (Å²) in [7, 11) is 3.36. The third-order valence-electron chi connectivity index (χ3n) is 6.90. The summed E-state index contributed by atoms with van der Waals surface area (Å²) in [6.45, 7) is 3.86. The molecule has 40 heavy (non-hydrogen) atoms. The first kappa shape index (κ1) is 30.7. The highest BCUT2D eigenvalue weighted by molar-refractivity contribution is 6.30. The average Bonchev–Trinajstić information content (AvgIpc) is 3.05. The molecule has 1 aliphatic heterocycles. The predicted octanol–water partition coefficient (Wildman–Crippen LogP) is 3.66. The Balaban J connectivity index is 1.90. The van der Waals surface area contributed by atoms with Gasteiger partial charge >= 0.3 is 12.0 Å². The van der Waals surface area contributed by atoms with E-state index >= 15 is 0 Å². The summed E-state index contributed by atoms with van der Waals surface area (Å²) in [5, 5.41) is 16.9. The number of oxime groups is 1. The second-order valence-electron chi connectivity index (χ2n) is 9.46. The molecule has 0 saturated carbocycles. The molecule has 1 saturated heterocycles. The van der Waals surface area contributed by atoms with Crippen molar-refractivity contribution in [1.29, 1.82) is 0 Å². The number of nitrogens with two attached hydrogens (primary N) is 1. The zero-order chi connectivity index (χ0) is 29.4. The van der Waals surface area contributed by atoms with Crippen LogP contribution in [0.25, 0.3) is 0 Å². The first-order valence-corrected chi connectivity index (χ1v) is 13.4. The molecule has 3 rings (SSSR count). The Morgan fingerprint density at radius 2 is 1.93 bits per heavy atom. The molecule has 2 aromatic carbocycles. The summed E-state index contributed by atoms with van der Waals surface area (Å²) in [6.07, 6.45) is 0.956. The number of nitrogens with one attached hydrogen (secondary N) is 1. The number of aromatic carboxylic acids is 1. The Hall–Kier alpha value is -3.83. The minimum atomic E-state index is -1.06. The van der Waals surface area contributed by atoms with Gasteiger partial charge in [-0.15, -0.1) is 0 Å². The van der Waals surface area contributed by atoms with Gasteiger partial charge in [0.05, 0.1) is 25.3 Å². The number of benzene rings is 2. The smallest absolute Gasteiger partial charge is 0.335 e. The number of ether oxygens (including phenoxy) is 1. The van der Waals surface area contributed by atoms with Crippen LogP contribution in [0.5, 0.6) is 5.75 Å². The second-order valence-corrected chi connectivity index (χ2v) is 9.90. The van der Waals surface area contributed by atoms with Crippen LogP contribution in [0.3, 0.4) is 0 Å². The standard InChI is InChI=1S/C28H36ClN5O6/c1-5-22(30)26(17-7-9-18(10-8-17)27(36)37)31-28(38)34-16-24(32-40-6-2)33(3)21(15-25(34)35)14-19-13-20(29)11-12-23(19)39-4/h7-13,21-22,26H,5-6,14-16,30H2,1-4H3,(H,31,38)(H,36,37)/b32-24+/t21-,22?,26+/m0/s1. The van der Waals surface area contributed by atoms with E-state index < -0.39 is 30.0 Å². The van der Waals surface area contributed by atoms with Gasteiger partial charge in [-0.05, 0) is 61.2 Å². The Morgan fingerprint density at radius 1 is 1.23 bits per heavy atom. The van der Waals surface area contributed by atoms with Crippen molar-refractivity contribution in [2.75, 3.05) is 27.3 Å². The summed E-state index contributed by atoms with van der Waals surface area (Å²) < 4.78 is 5.49. The van der Waals surface area contributed by atoms with Crippen molar-refractivity contribution in [2.24, 2.45) is 10.9 Å². The number of hydrogen-bond acceptors (Lipinski definition) is 7. The number of amidine groups is 1. The lowest BCUT2D eigenvalue weighted by molar-refractivity contribution is -0.128. The predicted molar refractivity (Wildman–Crippen MR) is 152 cm³/mol. The number of hydrogen-bond donors (Lipinski definition) is 3. The number of carboxylic acids is 1. The third-order valence-corrected chi connectivity index (χ3v) is 7.14. The first-order chi connectivity index (χ1) is 19.1. The number of methoxy groups -OCH3 is 1. The molecule has 11 nitrogen and oxygen atoms in total. The van der Waals surface area contributed by atoms with Gasteiger partial charge in [0, 0.05) is 30.6 Å². The van der Waals surface area contributed by atoms with Crippen LogP contribution in [0.1, 0.15) is 54.2 Å². The molecule has 4 N–H and O–H groups in total. The van der Waals surface area contributed by atoms with Gasteiger partial charge in [-0.25, -0.2) is 9.59 Å². The van der Waals surface area contributed by atoms with Crippen LogP contribution >= 0.6 is 11.6 Å². The van der Waals surface area contributed by atoms with E-state index in [0.29, 0.717) is 41.6 Å². The van der Waals surface area contributed by atoms with E-state index in [1.807, 2.05) is 11.8 Å². The number of rotatable bonds is 10. The number of carbonyl (C=O) groups is 3. The zero-order valence-electron chi connectivity index (χ0n) is 23.1. The fourth-order valence-electron chi connectivity index (χ4n) is 4.50. The highest BCUT2D eigenvalue weighted by Crippen LogP contribution is 2.27. The van der Waals surface area contributed by atoms with Gasteiger partial charge in [0.1, 0.15) is 12.4 Å². The lowest BCUT2D eigenvalue weighted by Crippen LogP contribution is -2.50. The summed E-state index contributed by atoms with van der Waals surface area (Å²) in [5.74, 6) is -0.423. The van der Waals surface area contributed by atoms with Crippen molar-refractivity contribution in [1.82, 2.24) is 15.1 Å². The van der Waals surface area contributed by atoms with Crippen LogP contribution in [-0.4, -0.2) is 78.0 Å². The lowest BCUT2D eigenvalue weighted by atomic mass is 9.97. The topological polar surface area (TPSA) is 147 Å². The average molecular weight is 574 g/mol. The van der Waals surface area contributed by atoms with E-state index in [4.69, 9.17) is 26.9 Å². The largest absolute Gasteiger partial charge is 0.496 e. The number of nitrogens with zero attached hydrogens (tertiary/aromatic N) is 3. The maximum Gasteiger partial charge on any atom is 0.335 e. The number of likely N-dealkylation sites (N-methyl/N-ethyl adjacent to an activating group) is 1. The van der Waals surface area contributed by atoms with E-state index in [-0.39, 0.29) is 24.6 Å². The molecule has 3 atom stereocenters. The van der Waals surface area contributed by atoms with Crippen LogP contribution < -0.4 is 15.8 Å². The highest BCUT2D eigenvalue weighted by Gasteiger charge is 2.36. The number of urea groups is 1. The first-order valence-electron chi connectivity index (χ1n) is 13.0. The van der Waals surface area contributed by atoms with E-state index in [2.05, 4.69) is 10.5 Å². The van der Waals surface area contributed by atoms with E-state index in [0.717, 1.165) is 10.5 Å². The Kier molecular flexibility index (Phi) is 10.7. The number of imide groups is 1. The van der Waals surface area contributed by atoms with Crippen molar-refractivity contribution in [3.05, 3.63) is 64.2 Å². The minimum Gasteiger partial charge on any atom is -0.496 e. The van der Waals surface area contributed by atoms with Gasteiger partial charge in [-0.1, -0.05) is 35.8 Å². The summed E-state index contributed by atoms with van der Waals surface area (Å²) in [5.41, 5.74) is 7.90. The molecular weight excluding hydrogens is 538 g/mol. The molecule has 12 heteroatoms. The normalized spacial score (nSPS) is 18.2. The van der Waals surface area contributed by atoms with Crippen LogP contribution in [0.15, 0.2) is 47.6 Å². The summed E-state index contributed by atoms with van der Waals surface area (Å²) in [6, 6.07) is 9.26. The maximum absolute atomic E-state index is 13.6. The molecule has 1 unspecified atom stereocenters. The van der Waals surface area contributed by atoms with Crippen LogP contribution in [0.2, 0.25) is 5.02 Å². The second kappa shape index (κ2) is 14.0. The molecule has 1 aliphatic rings. The van der Waals surface area contributed by atoms with Crippen molar-refractivity contribution >= 4 is 35.3 Å². The monoisotopic (exact) mass is 573 g/mol. The van der Waals surface area contributed by atoms with Crippen LogP contribution in [0.4, 0.5) is 4.79 Å². The summed E-state index contributed by atoms with van der Waals surface area (Å²) in [4.78, 5) is 46.6. The molecule has 1 heterocycles. The van der Waals surface area contributed by atoms with Gasteiger partial charge in [-0.2, -0.15) is 0 Å². The van der Waals surface area contributed by atoms with Gasteiger partial charge in [0.15, 0.2) is 5.84 Å². The lowest BCUT2D eigenvalue weighted by Gasteiger charge is -2.28. The Bertz CT molecular complexity index is 1240. The van der Waals surface area contributed by atoms with Crippen LogP contribution in [-0.2, 0) is 16.1 Å². The quantitative estimate of drug-likeness (QED) is 0.365. The summed E-state index contributed by atoms with van der Waals surface area (Å²) >= 11 is 6.23. The van der Waals surface area contributed by atoms with Gasteiger partial charge in [0.25, 0.3) is 0 Å².